The van der Waals surface area contributed by atoms with Gasteiger partial charge in [-0.2, -0.15) is 5.26 Å². The standard InChI is InChI=1S/C15H23N3O/c1-3-7-18(8-9-19)15-6-5-13(12-17-4-2)10-14(15)11-16/h5-6,10,17,19H,3-4,7-9,12H2,1-2H3. The summed E-state index contributed by atoms with van der Waals surface area (Å²) >= 11 is 0. The Morgan fingerprint density at radius 3 is 2.68 bits per heavy atom. The van der Waals surface area contributed by atoms with E-state index < -0.39 is 0 Å². The number of benzene rings is 1. The van der Waals surface area contributed by atoms with E-state index >= 15 is 0 Å². The summed E-state index contributed by atoms with van der Waals surface area (Å²) in [5.41, 5.74) is 2.71. The second-order valence-corrected chi connectivity index (χ2v) is 4.45. The molecule has 19 heavy (non-hydrogen) atoms. The summed E-state index contributed by atoms with van der Waals surface area (Å²) in [7, 11) is 0. The van der Waals surface area contributed by atoms with Crippen LogP contribution in [0.3, 0.4) is 0 Å². The van der Waals surface area contributed by atoms with E-state index in [9.17, 15) is 5.26 Å². The highest BCUT2D eigenvalue weighted by Gasteiger charge is 2.10. The van der Waals surface area contributed by atoms with Gasteiger partial charge in [-0.25, -0.2) is 0 Å². The van der Waals surface area contributed by atoms with E-state index in [0.717, 1.165) is 37.3 Å². The third-order valence-corrected chi connectivity index (χ3v) is 2.96. The van der Waals surface area contributed by atoms with Crippen LogP contribution in [-0.2, 0) is 6.54 Å². The Labute approximate surface area is 115 Å². The van der Waals surface area contributed by atoms with Gasteiger partial charge in [0.2, 0.25) is 0 Å². The minimum absolute atomic E-state index is 0.101. The van der Waals surface area contributed by atoms with Gasteiger partial charge in [-0.05, 0) is 30.7 Å². The fourth-order valence-corrected chi connectivity index (χ4v) is 2.07. The molecular weight excluding hydrogens is 238 g/mol. The predicted octanol–water partition coefficient (Wildman–Crippen LogP) is 1.88. The molecule has 1 aromatic carbocycles. The van der Waals surface area contributed by atoms with Crippen molar-refractivity contribution in [1.29, 1.82) is 5.26 Å². The van der Waals surface area contributed by atoms with Crippen molar-refractivity contribution in [2.24, 2.45) is 0 Å². The molecule has 1 rings (SSSR count). The first-order valence-electron chi connectivity index (χ1n) is 6.86. The van der Waals surface area contributed by atoms with Crippen molar-refractivity contribution < 1.29 is 5.11 Å². The summed E-state index contributed by atoms with van der Waals surface area (Å²) in [6.07, 6.45) is 0.990. The van der Waals surface area contributed by atoms with Crippen molar-refractivity contribution in [2.45, 2.75) is 26.8 Å². The largest absolute Gasteiger partial charge is 0.395 e. The van der Waals surface area contributed by atoms with Crippen LogP contribution in [0.15, 0.2) is 18.2 Å². The minimum Gasteiger partial charge on any atom is -0.395 e. The Kier molecular flexibility index (Phi) is 6.94. The molecule has 0 aromatic heterocycles. The second-order valence-electron chi connectivity index (χ2n) is 4.45. The molecule has 1 aromatic rings. The molecule has 0 aliphatic carbocycles. The van der Waals surface area contributed by atoms with E-state index in [0.29, 0.717) is 12.1 Å². The van der Waals surface area contributed by atoms with Gasteiger partial charge in [0, 0.05) is 19.6 Å². The molecule has 0 saturated carbocycles. The molecule has 0 bridgehead atoms. The Balaban J connectivity index is 2.96. The number of anilines is 1. The van der Waals surface area contributed by atoms with Crippen molar-refractivity contribution in [1.82, 2.24) is 5.32 Å². The molecule has 0 aliphatic heterocycles. The highest BCUT2D eigenvalue weighted by molar-refractivity contribution is 5.60. The first kappa shape index (κ1) is 15.5. The molecule has 0 spiro atoms. The maximum atomic E-state index is 9.29. The molecule has 0 atom stereocenters. The lowest BCUT2D eigenvalue weighted by Crippen LogP contribution is -2.28. The molecule has 4 nitrogen and oxygen atoms in total. The van der Waals surface area contributed by atoms with Crippen LogP contribution in [0.25, 0.3) is 0 Å². The summed E-state index contributed by atoms with van der Waals surface area (Å²) in [5, 5.41) is 21.7. The van der Waals surface area contributed by atoms with Crippen molar-refractivity contribution in [3.05, 3.63) is 29.3 Å². The minimum atomic E-state index is 0.101. The molecule has 0 unspecified atom stereocenters. The van der Waals surface area contributed by atoms with Gasteiger partial charge in [-0.15, -0.1) is 0 Å². The van der Waals surface area contributed by atoms with Crippen molar-refractivity contribution in [2.75, 3.05) is 31.1 Å². The van der Waals surface area contributed by atoms with Gasteiger partial charge in [0.15, 0.2) is 0 Å². The summed E-state index contributed by atoms with van der Waals surface area (Å²) in [4.78, 5) is 2.07. The lowest BCUT2D eigenvalue weighted by Gasteiger charge is -2.24. The monoisotopic (exact) mass is 261 g/mol. The zero-order valence-electron chi connectivity index (χ0n) is 11.8. The predicted molar refractivity (Wildman–Crippen MR) is 78.1 cm³/mol. The zero-order valence-corrected chi connectivity index (χ0v) is 11.8. The molecule has 104 valence electrons. The smallest absolute Gasteiger partial charge is 0.101 e. The number of hydrogen-bond donors (Lipinski definition) is 2. The Hall–Kier alpha value is -1.57. The normalized spacial score (nSPS) is 10.2. The van der Waals surface area contributed by atoms with Gasteiger partial charge in [-0.3, -0.25) is 0 Å². The molecule has 0 amide bonds. The van der Waals surface area contributed by atoms with E-state index in [2.05, 4.69) is 30.1 Å². The number of nitrogens with zero attached hydrogens (tertiary/aromatic N) is 2. The summed E-state index contributed by atoms with van der Waals surface area (Å²) < 4.78 is 0. The third-order valence-electron chi connectivity index (χ3n) is 2.96. The number of nitrogens with one attached hydrogen (secondary N) is 1. The molecule has 0 radical (unpaired) electrons. The maximum Gasteiger partial charge on any atom is 0.101 e. The Bertz CT molecular complexity index is 420. The summed E-state index contributed by atoms with van der Waals surface area (Å²) in [6, 6.07) is 8.21. The van der Waals surface area contributed by atoms with E-state index in [1.165, 1.54) is 0 Å². The number of aliphatic hydroxyl groups excluding tert-OH is 1. The maximum absolute atomic E-state index is 9.29. The average Bonchev–Trinajstić information content (AvgIpc) is 2.44. The quantitative estimate of drug-likeness (QED) is 0.750. The topological polar surface area (TPSA) is 59.3 Å². The zero-order chi connectivity index (χ0) is 14.1. The van der Waals surface area contributed by atoms with Crippen molar-refractivity contribution in [3.8, 4) is 6.07 Å². The Morgan fingerprint density at radius 1 is 1.32 bits per heavy atom. The van der Waals surface area contributed by atoms with E-state index in [4.69, 9.17) is 5.11 Å². The average molecular weight is 261 g/mol. The molecule has 4 heteroatoms. The summed E-state index contributed by atoms with van der Waals surface area (Å²) in [6.45, 7) is 7.36. The summed E-state index contributed by atoms with van der Waals surface area (Å²) in [5.74, 6) is 0. The van der Waals surface area contributed by atoms with E-state index in [1.807, 2.05) is 18.2 Å². The van der Waals surface area contributed by atoms with Gasteiger partial charge in [0.25, 0.3) is 0 Å². The fourth-order valence-electron chi connectivity index (χ4n) is 2.07. The Morgan fingerprint density at radius 2 is 2.11 bits per heavy atom. The van der Waals surface area contributed by atoms with Crippen molar-refractivity contribution in [3.63, 3.8) is 0 Å². The molecule has 0 aliphatic rings. The third kappa shape index (κ3) is 4.55. The molecule has 0 saturated heterocycles. The van der Waals surface area contributed by atoms with Gasteiger partial charge in [0.1, 0.15) is 6.07 Å². The lowest BCUT2D eigenvalue weighted by atomic mass is 10.1. The van der Waals surface area contributed by atoms with Crippen LogP contribution >= 0.6 is 0 Å². The highest BCUT2D eigenvalue weighted by Crippen LogP contribution is 2.21. The molecule has 2 N–H and O–H groups in total. The van der Waals surface area contributed by atoms with Crippen LogP contribution < -0.4 is 10.2 Å². The van der Waals surface area contributed by atoms with Crippen molar-refractivity contribution >= 4 is 5.69 Å². The van der Waals surface area contributed by atoms with Crippen LogP contribution in [0.2, 0.25) is 0 Å². The van der Waals surface area contributed by atoms with Gasteiger partial charge >= 0.3 is 0 Å². The van der Waals surface area contributed by atoms with Crippen LogP contribution in [0.4, 0.5) is 5.69 Å². The van der Waals surface area contributed by atoms with E-state index in [-0.39, 0.29) is 6.61 Å². The highest BCUT2D eigenvalue weighted by atomic mass is 16.3. The number of rotatable bonds is 8. The van der Waals surface area contributed by atoms with Crippen LogP contribution in [0.5, 0.6) is 0 Å². The SMILES string of the molecule is CCCN(CCO)c1ccc(CNCC)cc1C#N. The number of nitriles is 1. The van der Waals surface area contributed by atoms with Gasteiger partial charge in [-0.1, -0.05) is 19.9 Å². The van der Waals surface area contributed by atoms with Crippen LogP contribution in [-0.4, -0.2) is 31.3 Å². The number of aliphatic hydroxyl groups is 1. The molecule has 0 heterocycles. The van der Waals surface area contributed by atoms with Crippen LogP contribution in [0.1, 0.15) is 31.4 Å². The van der Waals surface area contributed by atoms with Gasteiger partial charge < -0.3 is 15.3 Å². The first-order valence-corrected chi connectivity index (χ1v) is 6.86. The number of hydrogen-bond acceptors (Lipinski definition) is 4. The van der Waals surface area contributed by atoms with Crippen LogP contribution in [0, 0.1) is 11.3 Å². The second kappa shape index (κ2) is 8.52. The lowest BCUT2D eigenvalue weighted by molar-refractivity contribution is 0.302. The first-order chi connectivity index (χ1) is 9.26. The van der Waals surface area contributed by atoms with E-state index in [1.54, 1.807) is 0 Å². The molecular formula is C15H23N3O. The van der Waals surface area contributed by atoms with Gasteiger partial charge in [0.05, 0.1) is 17.9 Å². The fraction of sp³-hybridized carbons (Fsp3) is 0.533. The molecule has 0 fully saturated rings.